The smallest absolute Gasteiger partial charge is 0.277 e. The standard InChI is InChI=1S/C18H20ClN3O2/c1-11-7-16(8-12(2)18(11)19)24-10-17(23)22-21-13(3)14-5-4-6-15(20)9-14/h4-9H,10,20H2,1-3H3,(H,22,23). The molecule has 0 heterocycles. The number of hydrazone groups is 1. The molecule has 5 nitrogen and oxygen atoms in total. The molecule has 2 aromatic rings. The third kappa shape index (κ3) is 4.73. The zero-order valence-electron chi connectivity index (χ0n) is 13.9. The summed E-state index contributed by atoms with van der Waals surface area (Å²) in [5, 5.41) is 4.76. The Balaban J connectivity index is 1.93. The van der Waals surface area contributed by atoms with Gasteiger partial charge in [0.05, 0.1) is 5.71 Å². The Hall–Kier alpha value is -2.53. The van der Waals surface area contributed by atoms with Crippen molar-refractivity contribution in [3.8, 4) is 5.75 Å². The molecule has 0 saturated heterocycles. The van der Waals surface area contributed by atoms with Crippen LogP contribution in [-0.2, 0) is 4.79 Å². The minimum atomic E-state index is -0.344. The van der Waals surface area contributed by atoms with Gasteiger partial charge in [-0.15, -0.1) is 0 Å². The van der Waals surface area contributed by atoms with Crippen LogP contribution in [0.4, 0.5) is 5.69 Å². The van der Waals surface area contributed by atoms with Gasteiger partial charge >= 0.3 is 0 Å². The molecular weight excluding hydrogens is 326 g/mol. The van der Waals surface area contributed by atoms with Crippen LogP contribution in [0.3, 0.4) is 0 Å². The zero-order valence-corrected chi connectivity index (χ0v) is 14.6. The van der Waals surface area contributed by atoms with Gasteiger partial charge in [0, 0.05) is 10.7 Å². The molecule has 0 atom stereocenters. The lowest BCUT2D eigenvalue weighted by molar-refractivity contribution is -0.123. The van der Waals surface area contributed by atoms with Crippen molar-refractivity contribution in [2.24, 2.45) is 5.10 Å². The first kappa shape index (κ1) is 17.8. The lowest BCUT2D eigenvalue weighted by Crippen LogP contribution is -2.25. The Morgan fingerprint density at radius 2 is 1.92 bits per heavy atom. The van der Waals surface area contributed by atoms with E-state index in [1.807, 2.05) is 26.0 Å². The Kier molecular flexibility index (Phi) is 5.82. The second-order valence-electron chi connectivity index (χ2n) is 5.52. The molecule has 2 rings (SSSR count). The molecule has 0 aliphatic heterocycles. The van der Waals surface area contributed by atoms with Crippen molar-refractivity contribution in [3.63, 3.8) is 0 Å². The van der Waals surface area contributed by atoms with Crippen LogP contribution in [0.15, 0.2) is 41.5 Å². The number of anilines is 1. The largest absolute Gasteiger partial charge is 0.484 e. The van der Waals surface area contributed by atoms with E-state index >= 15 is 0 Å². The minimum absolute atomic E-state index is 0.131. The second-order valence-corrected chi connectivity index (χ2v) is 5.90. The van der Waals surface area contributed by atoms with Gasteiger partial charge < -0.3 is 10.5 Å². The number of ether oxygens (including phenoxy) is 1. The van der Waals surface area contributed by atoms with Gasteiger partial charge in [0.2, 0.25) is 0 Å². The van der Waals surface area contributed by atoms with E-state index in [0.717, 1.165) is 16.7 Å². The van der Waals surface area contributed by atoms with Gasteiger partial charge in [-0.3, -0.25) is 4.79 Å². The molecule has 0 fully saturated rings. The Labute approximate surface area is 146 Å². The Bertz CT molecular complexity index is 765. The zero-order chi connectivity index (χ0) is 17.7. The maximum absolute atomic E-state index is 11.9. The number of nitrogens with zero attached hydrogens (tertiary/aromatic N) is 1. The van der Waals surface area contributed by atoms with Crippen LogP contribution in [-0.4, -0.2) is 18.2 Å². The van der Waals surface area contributed by atoms with Crippen molar-refractivity contribution >= 4 is 28.9 Å². The van der Waals surface area contributed by atoms with Crippen LogP contribution >= 0.6 is 11.6 Å². The van der Waals surface area contributed by atoms with Crippen LogP contribution in [0, 0.1) is 13.8 Å². The van der Waals surface area contributed by atoms with Crippen molar-refractivity contribution in [2.45, 2.75) is 20.8 Å². The number of rotatable bonds is 5. The lowest BCUT2D eigenvalue weighted by atomic mass is 10.1. The van der Waals surface area contributed by atoms with Crippen LogP contribution in [0.25, 0.3) is 0 Å². The first-order valence-electron chi connectivity index (χ1n) is 7.45. The molecule has 0 unspecified atom stereocenters. The van der Waals surface area contributed by atoms with Gasteiger partial charge in [-0.25, -0.2) is 5.43 Å². The van der Waals surface area contributed by atoms with Gasteiger partial charge in [-0.2, -0.15) is 5.10 Å². The summed E-state index contributed by atoms with van der Waals surface area (Å²) >= 11 is 6.10. The average molecular weight is 346 g/mol. The highest BCUT2D eigenvalue weighted by Crippen LogP contribution is 2.25. The number of nitrogen functional groups attached to an aromatic ring is 1. The van der Waals surface area contributed by atoms with Gasteiger partial charge in [-0.1, -0.05) is 23.7 Å². The summed E-state index contributed by atoms with van der Waals surface area (Å²) in [7, 11) is 0. The molecular formula is C18H20ClN3O2. The monoisotopic (exact) mass is 345 g/mol. The number of nitrogens with two attached hydrogens (primary N) is 1. The molecule has 0 aliphatic rings. The maximum Gasteiger partial charge on any atom is 0.277 e. The number of hydrogen-bond donors (Lipinski definition) is 2. The van der Waals surface area contributed by atoms with E-state index in [1.165, 1.54) is 0 Å². The highest BCUT2D eigenvalue weighted by atomic mass is 35.5. The van der Waals surface area contributed by atoms with Gasteiger partial charge in [0.15, 0.2) is 6.61 Å². The SMILES string of the molecule is CC(=NNC(=O)COc1cc(C)c(Cl)c(C)c1)c1cccc(N)c1. The summed E-state index contributed by atoms with van der Waals surface area (Å²) in [6.07, 6.45) is 0. The molecule has 0 radical (unpaired) electrons. The Morgan fingerprint density at radius 1 is 1.25 bits per heavy atom. The summed E-state index contributed by atoms with van der Waals surface area (Å²) in [6.45, 7) is 5.44. The van der Waals surface area contributed by atoms with E-state index in [2.05, 4.69) is 10.5 Å². The number of aryl methyl sites for hydroxylation is 2. The summed E-state index contributed by atoms with van der Waals surface area (Å²) in [5.41, 5.74) is 12.2. The van der Waals surface area contributed by atoms with Crippen LogP contribution in [0.1, 0.15) is 23.6 Å². The lowest BCUT2D eigenvalue weighted by Gasteiger charge is -2.09. The van der Waals surface area contributed by atoms with Crippen molar-refractivity contribution in [1.29, 1.82) is 0 Å². The van der Waals surface area contributed by atoms with E-state index in [9.17, 15) is 4.79 Å². The summed E-state index contributed by atoms with van der Waals surface area (Å²) in [6, 6.07) is 10.9. The number of carbonyl (C=O) groups is 1. The fraction of sp³-hybridized carbons (Fsp3) is 0.222. The normalized spacial score (nSPS) is 11.2. The van der Waals surface area contributed by atoms with Crippen molar-refractivity contribution < 1.29 is 9.53 Å². The minimum Gasteiger partial charge on any atom is -0.484 e. The number of amides is 1. The van der Waals surface area contributed by atoms with Crippen LogP contribution in [0.2, 0.25) is 5.02 Å². The number of benzene rings is 2. The molecule has 0 bridgehead atoms. The van der Waals surface area contributed by atoms with E-state index < -0.39 is 0 Å². The van der Waals surface area contributed by atoms with E-state index in [4.69, 9.17) is 22.1 Å². The second kappa shape index (κ2) is 7.84. The molecule has 126 valence electrons. The first-order chi connectivity index (χ1) is 11.4. The fourth-order valence-electron chi connectivity index (χ4n) is 2.15. The number of hydrogen-bond acceptors (Lipinski definition) is 4. The summed E-state index contributed by atoms with van der Waals surface area (Å²) in [4.78, 5) is 11.9. The third-order valence-corrected chi connectivity index (χ3v) is 4.03. The maximum atomic E-state index is 11.9. The van der Waals surface area contributed by atoms with Crippen LogP contribution < -0.4 is 15.9 Å². The molecule has 3 N–H and O–H groups in total. The quantitative estimate of drug-likeness (QED) is 0.495. The van der Waals surface area contributed by atoms with E-state index in [0.29, 0.717) is 22.2 Å². The highest BCUT2D eigenvalue weighted by molar-refractivity contribution is 6.32. The molecule has 6 heteroatoms. The third-order valence-electron chi connectivity index (χ3n) is 3.43. The molecule has 2 aromatic carbocycles. The molecule has 0 aliphatic carbocycles. The molecule has 1 amide bonds. The molecule has 24 heavy (non-hydrogen) atoms. The van der Waals surface area contributed by atoms with Crippen molar-refractivity contribution in [2.75, 3.05) is 12.3 Å². The van der Waals surface area contributed by atoms with Gasteiger partial charge in [0.1, 0.15) is 5.75 Å². The first-order valence-corrected chi connectivity index (χ1v) is 7.83. The molecule has 0 spiro atoms. The number of nitrogens with one attached hydrogen (secondary N) is 1. The average Bonchev–Trinajstić information content (AvgIpc) is 2.55. The highest BCUT2D eigenvalue weighted by Gasteiger charge is 2.06. The predicted molar refractivity (Wildman–Crippen MR) is 97.6 cm³/mol. The topological polar surface area (TPSA) is 76.7 Å². The molecule has 0 aromatic heterocycles. The number of carbonyl (C=O) groups excluding carboxylic acids is 1. The predicted octanol–water partition coefficient (Wildman–Crippen LogP) is 3.46. The van der Waals surface area contributed by atoms with E-state index in [-0.39, 0.29) is 12.5 Å². The summed E-state index contributed by atoms with van der Waals surface area (Å²) in [5.74, 6) is 0.254. The van der Waals surface area contributed by atoms with Gasteiger partial charge in [0.25, 0.3) is 5.91 Å². The van der Waals surface area contributed by atoms with Crippen LogP contribution in [0.5, 0.6) is 5.75 Å². The van der Waals surface area contributed by atoms with Crippen molar-refractivity contribution in [1.82, 2.24) is 5.43 Å². The summed E-state index contributed by atoms with van der Waals surface area (Å²) < 4.78 is 5.48. The van der Waals surface area contributed by atoms with Gasteiger partial charge in [-0.05, 0) is 61.7 Å². The fourth-order valence-corrected chi connectivity index (χ4v) is 2.25. The van der Waals surface area contributed by atoms with E-state index in [1.54, 1.807) is 31.2 Å². The Morgan fingerprint density at radius 3 is 2.54 bits per heavy atom. The van der Waals surface area contributed by atoms with Crippen molar-refractivity contribution in [3.05, 3.63) is 58.1 Å². The molecule has 0 saturated carbocycles. The number of halogens is 1.